The van der Waals surface area contributed by atoms with E-state index in [4.69, 9.17) is 10.5 Å². The molecule has 2 aromatic heterocycles. The fraction of sp³-hybridized carbons (Fsp3) is 0.118. The molecule has 0 atom stereocenters. The molecule has 9 heteroatoms. The average molecular weight is 354 g/mol. The maximum atomic E-state index is 12.7. The first-order valence-electron chi connectivity index (χ1n) is 7.66. The van der Waals surface area contributed by atoms with Gasteiger partial charge in [0, 0.05) is 11.6 Å². The first-order chi connectivity index (χ1) is 12.5. The lowest BCUT2D eigenvalue weighted by Gasteiger charge is -2.12. The Balaban J connectivity index is 2.36. The van der Waals surface area contributed by atoms with Crippen LogP contribution in [0.1, 0.15) is 17.3 Å². The zero-order chi connectivity index (χ0) is 18.8. The minimum absolute atomic E-state index is 0.154. The van der Waals surface area contributed by atoms with Crippen LogP contribution in [-0.2, 0) is 4.74 Å². The Hall–Kier alpha value is -3.75. The number of nitrogens with two attached hydrogens (primary N) is 1. The van der Waals surface area contributed by atoms with E-state index in [0.29, 0.717) is 0 Å². The molecule has 2 heterocycles. The Morgan fingerprint density at radius 3 is 2.81 bits per heavy atom. The Labute approximate surface area is 146 Å². The molecular weight excluding hydrogens is 340 g/mol. The maximum Gasteiger partial charge on any atom is 0.357 e. The van der Waals surface area contributed by atoms with Gasteiger partial charge in [-0.3, -0.25) is 19.5 Å². The number of anilines is 1. The number of fused-ring (bicyclic) bond motifs is 1. The van der Waals surface area contributed by atoms with E-state index in [1.54, 1.807) is 19.1 Å². The van der Waals surface area contributed by atoms with E-state index in [2.05, 4.69) is 4.98 Å². The molecule has 0 saturated carbocycles. The van der Waals surface area contributed by atoms with E-state index in [0.717, 1.165) is 4.57 Å². The van der Waals surface area contributed by atoms with E-state index in [1.807, 2.05) is 0 Å². The molecule has 0 aliphatic heterocycles. The van der Waals surface area contributed by atoms with Crippen LogP contribution in [0, 0.1) is 10.1 Å². The summed E-state index contributed by atoms with van der Waals surface area (Å²) in [6.07, 6.45) is 1.44. The van der Waals surface area contributed by atoms with Gasteiger partial charge in [0.15, 0.2) is 0 Å². The summed E-state index contributed by atoms with van der Waals surface area (Å²) in [5, 5.41) is 11.6. The first-order valence-corrected chi connectivity index (χ1v) is 7.66. The second-order valence-corrected chi connectivity index (χ2v) is 5.31. The predicted molar refractivity (Wildman–Crippen MR) is 94.4 cm³/mol. The highest BCUT2D eigenvalue weighted by Gasteiger charge is 2.25. The number of rotatable bonds is 4. The minimum atomic E-state index is -0.931. The highest BCUT2D eigenvalue weighted by Crippen LogP contribution is 2.27. The zero-order valence-corrected chi connectivity index (χ0v) is 13.7. The van der Waals surface area contributed by atoms with E-state index in [1.165, 1.54) is 30.5 Å². The van der Waals surface area contributed by atoms with Crippen molar-refractivity contribution in [2.45, 2.75) is 6.92 Å². The van der Waals surface area contributed by atoms with Gasteiger partial charge in [-0.2, -0.15) is 0 Å². The minimum Gasteiger partial charge on any atom is -0.462 e. The summed E-state index contributed by atoms with van der Waals surface area (Å²) >= 11 is 0. The molecule has 0 saturated heterocycles. The summed E-state index contributed by atoms with van der Waals surface area (Å²) in [4.78, 5) is 39.3. The van der Waals surface area contributed by atoms with Gasteiger partial charge in [-0.1, -0.05) is 6.07 Å². The van der Waals surface area contributed by atoms with E-state index < -0.39 is 22.1 Å². The molecule has 1 aromatic carbocycles. The van der Waals surface area contributed by atoms with Crippen LogP contribution in [0.5, 0.6) is 0 Å². The van der Waals surface area contributed by atoms with Crippen LogP contribution >= 0.6 is 0 Å². The van der Waals surface area contributed by atoms with Crippen LogP contribution in [0.4, 0.5) is 11.4 Å². The van der Waals surface area contributed by atoms with Gasteiger partial charge in [0.05, 0.1) is 22.8 Å². The smallest absolute Gasteiger partial charge is 0.357 e. The second kappa shape index (κ2) is 6.63. The normalized spacial score (nSPS) is 10.7. The summed E-state index contributed by atoms with van der Waals surface area (Å²) in [5.74, 6) is -0.565. The Morgan fingerprint density at radius 2 is 2.12 bits per heavy atom. The van der Waals surface area contributed by atoms with Gasteiger partial charge < -0.3 is 10.5 Å². The molecule has 0 fully saturated rings. The number of hydrogen-bond donors (Lipinski definition) is 1. The summed E-state index contributed by atoms with van der Waals surface area (Å²) in [6.45, 7) is 1.87. The quantitative estimate of drug-likeness (QED) is 0.431. The molecule has 9 nitrogen and oxygen atoms in total. The summed E-state index contributed by atoms with van der Waals surface area (Å²) < 4.78 is 6.01. The highest BCUT2D eigenvalue weighted by molar-refractivity contribution is 5.94. The van der Waals surface area contributed by atoms with Crippen LogP contribution in [0.3, 0.4) is 0 Å². The summed E-state index contributed by atoms with van der Waals surface area (Å²) in [7, 11) is 0. The number of esters is 1. The molecule has 0 amide bonds. The van der Waals surface area contributed by atoms with Crippen molar-refractivity contribution in [1.82, 2.24) is 9.55 Å². The van der Waals surface area contributed by atoms with Crippen LogP contribution in [0.25, 0.3) is 16.7 Å². The van der Waals surface area contributed by atoms with Gasteiger partial charge >= 0.3 is 17.2 Å². The highest BCUT2D eigenvalue weighted by atomic mass is 16.6. The van der Waals surface area contributed by atoms with Crippen molar-refractivity contribution >= 4 is 28.4 Å². The van der Waals surface area contributed by atoms with Crippen molar-refractivity contribution in [1.29, 1.82) is 0 Å². The lowest BCUT2D eigenvalue weighted by atomic mass is 10.1. The number of ether oxygens (including phenoxy) is 1. The van der Waals surface area contributed by atoms with E-state index >= 15 is 0 Å². The number of pyridine rings is 2. The lowest BCUT2D eigenvalue weighted by Crippen LogP contribution is -2.24. The number of carbonyl (C=O) groups excluding carboxylic acids is 1. The molecule has 3 rings (SSSR count). The number of nitrogens with zero attached hydrogens (tertiary/aromatic N) is 3. The topological polar surface area (TPSA) is 130 Å². The molecule has 26 heavy (non-hydrogen) atoms. The van der Waals surface area contributed by atoms with Gasteiger partial charge in [0.1, 0.15) is 11.3 Å². The molecule has 2 N–H and O–H groups in total. The van der Waals surface area contributed by atoms with Crippen LogP contribution in [0.2, 0.25) is 0 Å². The number of nitrogen functional groups attached to an aromatic ring is 1. The molecule has 132 valence electrons. The van der Waals surface area contributed by atoms with Crippen molar-refractivity contribution in [2.75, 3.05) is 12.3 Å². The SMILES string of the molecule is CCOC(=O)c1cccc(-n2c(=O)c([N+](=O)[O-])c(N)c3cccnc32)c1. The molecule has 0 spiro atoms. The second-order valence-electron chi connectivity index (χ2n) is 5.31. The Morgan fingerprint density at radius 1 is 1.35 bits per heavy atom. The van der Waals surface area contributed by atoms with Crippen LogP contribution < -0.4 is 11.3 Å². The van der Waals surface area contributed by atoms with Crippen LogP contribution in [0.15, 0.2) is 47.4 Å². The fourth-order valence-corrected chi connectivity index (χ4v) is 2.63. The average Bonchev–Trinajstić information content (AvgIpc) is 2.62. The van der Waals surface area contributed by atoms with Crippen molar-refractivity contribution in [3.8, 4) is 5.69 Å². The third-order valence-corrected chi connectivity index (χ3v) is 3.75. The third-order valence-electron chi connectivity index (χ3n) is 3.75. The number of nitro groups is 1. The maximum absolute atomic E-state index is 12.7. The predicted octanol–water partition coefficient (Wildman–Crippen LogP) is 2.05. The largest absolute Gasteiger partial charge is 0.462 e. The Kier molecular flexibility index (Phi) is 4.36. The molecule has 3 aromatic rings. The van der Waals surface area contributed by atoms with E-state index in [9.17, 15) is 19.7 Å². The van der Waals surface area contributed by atoms with Crippen molar-refractivity contribution in [2.24, 2.45) is 0 Å². The van der Waals surface area contributed by atoms with Crippen molar-refractivity contribution in [3.63, 3.8) is 0 Å². The van der Waals surface area contributed by atoms with Crippen molar-refractivity contribution < 1.29 is 14.5 Å². The monoisotopic (exact) mass is 354 g/mol. The number of benzene rings is 1. The van der Waals surface area contributed by atoms with Gasteiger partial charge in [-0.25, -0.2) is 9.78 Å². The molecule has 0 aliphatic rings. The molecule has 0 bridgehead atoms. The van der Waals surface area contributed by atoms with Gasteiger partial charge in [-0.05, 0) is 37.3 Å². The fourth-order valence-electron chi connectivity index (χ4n) is 2.63. The molecule has 0 radical (unpaired) electrons. The van der Waals surface area contributed by atoms with Gasteiger partial charge in [0.25, 0.3) is 0 Å². The molecule has 0 unspecified atom stereocenters. The number of hydrogen-bond acceptors (Lipinski definition) is 7. The van der Waals surface area contributed by atoms with E-state index in [-0.39, 0.29) is 34.6 Å². The van der Waals surface area contributed by atoms with Crippen LogP contribution in [-0.4, -0.2) is 27.1 Å². The third kappa shape index (κ3) is 2.75. The summed E-state index contributed by atoms with van der Waals surface area (Å²) in [6, 6.07) is 9.12. The Bertz CT molecular complexity index is 1090. The standard InChI is InChI=1S/C17H14N4O5/c1-2-26-17(23)10-5-3-6-11(9-10)20-15-12(7-4-8-19-15)13(18)14(16(20)22)21(24)25/h3-9H,2,18H2,1H3. The van der Waals surface area contributed by atoms with Gasteiger partial charge in [-0.15, -0.1) is 0 Å². The number of aromatic nitrogens is 2. The first kappa shape index (κ1) is 17.1. The van der Waals surface area contributed by atoms with Crippen molar-refractivity contribution in [3.05, 3.63) is 68.6 Å². The summed E-state index contributed by atoms with van der Waals surface area (Å²) in [5.41, 5.74) is 4.50. The zero-order valence-electron chi connectivity index (χ0n) is 13.7. The van der Waals surface area contributed by atoms with Gasteiger partial charge in [0.2, 0.25) is 0 Å². The lowest BCUT2D eigenvalue weighted by molar-refractivity contribution is -0.385. The molecular formula is C17H14N4O5. The number of carbonyl (C=O) groups is 1. The molecule has 0 aliphatic carbocycles.